The topological polar surface area (TPSA) is 44.5 Å². The Hall–Kier alpha value is -0.330. The summed E-state index contributed by atoms with van der Waals surface area (Å²) in [4.78, 5) is 0. The van der Waals surface area contributed by atoms with E-state index in [1.165, 1.54) is 0 Å². The fourth-order valence-electron chi connectivity index (χ4n) is 1.38. The lowest BCUT2D eigenvalue weighted by Crippen LogP contribution is -2.39. The molecule has 3 atom stereocenters. The van der Waals surface area contributed by atoms with E-state index in [2.05, 4.69) is 4.74 Å². The zero-order chi connectivity index (χ0) is 11.5. The number of hydrogen-bond acceptors (Lipinski definition) is 3. The molecule has 0 radical (unpaired) electrons. The number of nitrogens with two attached hydrogens (primary N) is 1. The minimum atomic E-state index is -4.31. The van der Waals surface area contributed by atoms with Gasteiger partial charge in [0.15, 0.2) is 6.10 Å². The molecule has 0 bridgehead atoms. The average Bonchev–Trinajstić information content (AvgIpc) is 2.64. The van der Waals surface area contributed by atoms with Gasteiger partial charge >= 0.3 is 6.18 Å². The van der Waals surface area contributed by atoms with Crippen molar-refractivity contribution in [3.05, 3.63) is 0 Å². The Morgan fingerprint density at radius 2 is 2.20 bits per heavy atom. The van der Waals surface area contributed by atoms with E-state index in [0.717, 1.165) is 13.3 Å². The Balaban J connectivity index is 2.24. The fourth-order valence-corrected chi connectivity index (χ4v) is 1.38. The summed E-state index contributed by atoms with van der Waals surface area (Å²) in [6.07, 6.45) is -5.28. The van der Waals surface area contributed by atoms with Crippen LogP contribution in [0.25, 0.3) is 0 Å². The van der Waals surface area contributed by atoms with Crippen molar-refractivity contribution in [1.82, 2.24) is 0 Å². The van der Waals surface area contributed by atoms with E-state index < -0.39 is 12.3 Å². The number of ether oxygens (including phenoxy) is 2. The zero-order valence-electron chi connectivity index (χ0n) is 8.59. The van der Waals surface area contributed by atoms with E-state index in [1.54, 1.807) is 0 Å². The van der Waals surface area contributed by atoms with Gasteiger partial charge < -0.3 is 15.2 Å². The normalized spacial score (nSPS) is 26.6. The molecule has 1 fully saturated rings. The van der Waals surface area contributed by atoms with Crippen molar-refractivity contribution in [1.29, 1.82) is 0 Å². The van der Waals surface area contributed by atoms with E-state index in [0.29, 0.717) is 13.2 Å². The molecule has 0 aromatic carbocycles. The second-order valence-corrected chi connectivity index (χ2v) is 3.80. The molecule has 0 spiro atoms. The van der Waals surface area contributed by atoms with Gasteiger partial charge in [-0.15, -0.1) is 0 Å². The van der Waals surface area contributed by atoms with Gasteiger partial charge in [0.05, 0.1) is 13.2 Å². The second-order valence-electron chi connectivity index (χ2n) is 3.80. The predicted octanol–water partition coefficient (Wildman–Crippen LogP) is 1.32. The highest BCUT2D eigenvalue weighted by atomic mass is 19.4. The van der Waals surface area contributed by atoms with Crippen LogP contribution in [-0.4, -0.2) is 38.1 Å². The Morgan fingerprint density at radius 3 is 2.67 bits per heavy atom. The molecule has 1 rings (SSSR count). The minimum Gasteiger partial charge on any atom is -0.381 e. The van der Waals surface area contributed by atoms with Crippen LogP contribution in [0.3, 0.4) is 0 Å². The molecule has 1 heterocycles. The van der Waals surface area contributed by atoms with Gasteiger partial charge in [-0.3, -0.25) is 0 Å². The third-order valence-corrected chi connectivity index (χ3v) is 2.57. The SMILES string of the molecule is CC(OCC(N)C1CCOC1)C(F)(F)F. The van der Waals surface area contributed by atoms with Gasteiger partial charge in [-0.05, 0) is 13.3 Å². The van der Waals surface area contributed by atoms with Gasteiger partial charge in [-0.2, -0.15) is 13.2 Å². The minimum absolute atomic E-state index is 0.0747. The van der Waals surface area contributed by atoms with Crippen molar-refractivity contribution in [2.45, 2.75) is 31.7 Å². The van der Waals surface area contributed by atoms with Crippen molar-refractivity contribution < 1.29 is 22.6 Å². The highest BCUT2D eigenvalue weighted by molar-refractivity contribution is 4.76. The smallest absolute Gasteiger partial charge is 0.381 e. The molecule has 15 heavy (non-hydrogen) atoms. The third kappa shape index (κ3) is 3.96. The summed E-state index contributed by atoms with van der Waals surface area (Å²) in [5.41, 5.74) is 5.70. The quantitative estimate of drug-likeness (QED) is 0.787. The van der Waals surface area contributed by atoms with Crippen LogP contribution >= 0.6 is 0 Å². The molecule has 1 aliphatic rings. The Labute approximate surface area is 86.7 Å². The van der Waals surface area contributed by atoms with E-state index in [9.17, 15) is 13.2 Å². The maximum Gasteiger partial charge on any atom is 0.414 e. The first-order valence-electron chi connectivity index (χ1n) is 4.93. The Kier molecular flexibility index (Phi) is 4.36. The van der Waals surface area contributed by atoms with Gasteiger partial charge in [0.2, 0.25) is 0 Å². The maximum atomic E-state index is 12.1. The van der Waals surface area contributed by atoms with Crippen LogP contribution in [-0.2, 0) is 9.47 Å². The van der Waals surface area contributed by atoms with E-state index in [-0.39, 0.29) is 18.6 Å². The summed E-state index contributed by atoms with van der Waals surface area (Å²) in [6, 6.07) is -0.377. The summed E-state index contributed by atoms with van der Waals surface area (Å²) in [5, 5.41) is 0. The highest BCUT2D eigenvalue weighted by Crippen LogP contribution is 2.23. The first-order valence-corrected chi connectivity index (χ1v) is 4.93. The lowest BCUT2D eigenvalue weighted by molar-refractivity contribution is -0.215. The molecular formula is C9H16F3NO2. The third-order valence-electron chi connectivity index (χ3n) is 2.57. The second kappa shape index (κ2) is 5.14. The molecule has 3 unspecified atom stereocenters. The number of rotatable bonds is 4. The molecule has 0 saturated carbocycles. The summed E-state index contributed by atoms with van der Waals surface area (Å²) in [6.45, 7) is 2.06. The molecule has 0 aliphatic carbocycles. The molecule has 1 saturated heterocycles. The van der Waals surface area contributed by atoms with Crippen molar-refractivity contribution in [3.8, 4) is 0 Å². The number of hydrogen-bond donors (Lipinski definition) is 1. The van der Waals surface area contributed by atoms with Crippen LogP contribution in [0.2, 0.25) is 0 Å². The van der Waals surface area contributed by atoms with Crippen LogP contribution in [0, 0.1) is 5.92 Å². The first-order chi connectivity index (χ1) is 6.91. The van der Waals surface area contributed by atoms with Gasteiger partial charge in [0, 0.05) is 18.6 Å². The molecular weight excluding hydrogens is 211 g/mol. The van der Waals surface area contributed by atoms with E-state index in [4.69, 9.17) is 10.5 Å². The van der Waals surface area contributed by atoms with Gasteiger partial charge in [0.25, 0.3) is 0 Å². The molecule has 0 amide bonds. The van der Waals surface area contributed by atoms with Crippen molar-refractivity contribution >= 4 is 0 Å². The Morgan fingerprint density at radius 1 is 1.53 bits per heavy atom. The highest BCUT2D eigenvalue weighted by Gasteiger charge is 2.37. The van der Waals surface area contributed by atoms with Crippen LogP contribution in [0.15, 0.2) is 0 Å². The van der Waals surface area contributed by atoms with Crippen LogP contribution < -0.4 is 5.73 Å². The molecule has 3 nitrogen and oxygen atoms in total. The monoisotopic (exact) mass is 227 g/mol. The molecule has 0 aromatic heterocycles. The van der Waals surface area contributed by atoms with Crippen LogP contribution in [0.1, 0.15) is 13.3 Å². The van der Waals surface area contributed by atoms with E-state index in [1.807, 2.05) is 0 Å². The number of halogens is 3. The largest absolute Gasteiger partial charge is 0.414 e. The molecule has 90 valence electrons. The number of alkyl halides is 3. The first kappa shape index (κ1) is 12.7. The molecule has 6 heteroatoms. The van der Waals surface area contributed by atoms with Crippen LogP contribution in [0.4, 0.5) is 13.2 Å². The maximum absolute atomic E-state index is 12.1. The van der Waals surface area contributed by atoms with Crippen molar-refractivity contribution in [3.63, 3.8) is 0 Å². The lowest BCUT2D eigenvalue weighted by atomic mass is 10.0. The van der Waals surface area contributed by atoms with Crippen molar-refractivity contribution in [2.75, 3.05) is 19.8 Å². The standard InChI is InChI=1S/C9H16F3NO2/c1-6(9(10,11)12)15-5-8(13)7-2-3-14-4-7/h6-8H,2-5,13H2,1H3. The van der Waals surface area contributed by atoms with Gasteiger partial charge in [-0.1, -0.05) is 0 Å². The van der Waals surface area contributed by atoms with Gasteiger partial charge in [0.1, 0.15) is 0 Å². The molecule has 0 aromatic rings. The van der Waals surface area contributed by atoms with E-state index >= 15 is 0 Å². The average molecular weight is 227 g/mol. The lowest BCUT2D eigenvalue weighted by Gasteiger charge is -2.21. The predicted molar refractivity (Wildman–Crippen MR) is 48.4 cm³/mol. The zero-order valence-corrected chi connectivity index (χ0v) is 8.59. The summed E-state index contributed by atoms with van der Waals surface area (Å²) in [5.74, 6) is 0.116. The summed E-state index contributed by atoms with van der Waals surface area (Å²) < 4.78 is 46.0. The van der Waals surface area contributed by atoms with Crippen molar-refractivity contribution in [2.24, 2.45) is 11.7 Å². The Bertz CT molecular complexity index is 192. The molecule has 1 aliphatic heterocycles. The van der Waals surface area contributed by atoms with Crippen LogP contribution in [0.5, 0.6) is 0 Å². The van der Waals surface area contributed by atoms with Gasteiger partial charge in [-0.25, -0.2) is 0 Å². The fraction of sp³-hybridized carbons (Fsp3) is 1.00. The summed E-state index contributed by atoms with van der Waals surface area (Å²) >= 11 is 0. The molecule has 2 N–H and O–H groups in total. The summed E-state index contributed by atoms with van der Waals surface area (Å²) in [7, 11) is 0.